The highest BCUT2D eigenvalue weighted by Crippen LogP contribution is 2.37. The summed E-state index contributed by atoms with van der Waals surface area (Å²) >= 11 is 0. The van der Waals surface area contributed by atoms with Gasteiger partial charge in [-0.1, -0.05) is 0 Å². The van der Waals surface area contributed by atoms with Crippen LogP contribution in [0.4, 0.5) is 5.82 Å². The summed E-state index contributed by atoms with van der Waals surface area (Å²) in [5.41, 5.74) is 2.77. The van der Waals surface area contributed by atoms with E-state index in [1.807, 2.05) is 12.4 Å². The van der Waals surface area contributed by atoms with Crippen molar-refractivity contribution in [3.8, 4) is 5.75 Å². The first-order valence-corrected chi connectivity index (χ1v) is 9.10. The fourth-order valence-electron chi connectivity index (χ4n) is 3.35. The largest absolute Gasteiger partial charge is 0.487 e. The molecule has 26 heavy (non-hydrogen) atoms. The van der Waals surface area contributed by atoms with Gasteiger partial charge in [0, 0.05) is 30.9 Å². The van der Waals surface area contributed by atoms with E-state index in [1.54, 1.807) is 18.7 Å². The molecule has 2 N–H and O–H groups in total. The monoisotopic (exact) mass is 351 g/mol. The molecule has 4 heterocycles. The van der Waals surface area contributed by atoms with E-state index in [9.17, 15) is 0 Å². The Morgan fingerprint density at radius 3 is 3.04 bits per heavy atom. The van der Waals surface area contributed by atoms with E-state index in [1.165, 1.54) is 12.8 Å². The molecular formula is C18H21N7O. The van der Waals surface area contributed by atoms with Crippen LogP contribution in [0, 0.1) is 0 Å². The zero-order chi connectivity index (χ0) is 17.3. The van der Waals surface area contributed by atoms with Crippen LogP contribution in [0.15, 0.2) is 31.1 Å². The predicted octanol–water partition coefficient (Wildman–Crippen LogP) is 1.91. The molecule has 1 atom stereocenters. The van der Waals surface area contributed by atoms with Crippen molar-refractivity contribution in [3.05, 3.63) is 36.7 Å². The van der Waals surface area contributed by atoms with Gasteiger partial charge in [-0.15, -0.1) is 0 Å². The first kappa shape index (κ1) is 15.5. The zero-order valence-electron chi connectivity index (χ0n) is 14.4. The molecule has 3 aromatic rings. The molecule has 1 aliphatic carbocycles. The molecule has 0 aromatic carbocycles. The topological polar surface area (TPSA) is 89.8 Å². The van der Waals surface area contributed by atoms with Crippen molar-refractivity contribution in [2.24, 2.45) is 0 Å². The molecule has 8 nitrogen and oxygen atoms in total. The van der Waals surface area contributed by atoms with Gasteiger partial charge >= 0.3 is 0 Å². The highest BCUT2D eigenvalue weighted by molar-refractivity contribution is 5.82. The number of anilines is 1. The molecular weight excluding hydrogens is 330 g/mol. The normalized spacial score (nSPS) is 19.8. The Morgan fingerprint density at radius 2 is 2.19 bits per heavy atom. The van der Waals surface area contributed by atoms with Crippen molar-refractivity contribution < 1.29 is 4.74 Å². The quantitative estimate of drug-likeness (QED) is 0.701. The number of hydrogen-bond acceptors (Lipinski definition) is 7. The van der Waals surface area contributed by atoms with Gasteiger partial charge in [-0.05, 0) is 31.9 Å². The molecule has 134 valence electrons. The van der Waals surface area contributed by atoms with Crippen LogP contribution < -0.4 is 15.4 Å². The molecule has 0 bridgehead atoms. The van der Waals surface area contributed by atoms with Crippen molar-refractivity contribution in [2.75, 3.05) is 18.4 Å². The summed E-state index contributed by atoms with van der Waals surface area (Å²) in [6.07, 6.45) is 10.7. The third-order valence-corrected chi connectivity index (χ3v) is 4.92. The maximum atomic E-state index is 6.11. The second-order valence-electron chi connectivity index (χ2n) is 6.85. The fraction of sp³-hybridized carbons (Fsp3) is 0.444. The van der Waals surface area contributed by atoms with Crippen LogP contribution in [0.1, 0.15) is 30.9 Å². The summed E-state index contributed by atoms with van der Waals surface area (Å²) in [5, 5.41) is 6.71. The van der Waals surface area contributed by atoms with Crippen molar-refractivity contribution in [1.29, 1.82) is 0 Å². The molecule has 3 aromatic heterocycles. The molecule has 0 amide bonds. The van der Waals surface area contributed by atoms with E-state index < -0.39 is 0 Å². The minimum atomic E-state index is 0.206. The number of fused-ring (bicyclic) bond motifs is 1. The summed E-state index contributed by atoms with van der Waals surface area (Å²) < 4.78 is 8.26. The van der Waals surface area contributed by atoms with E-state index in [0.29, 0.717) is 12.6 Å². The van der Waals surface area contributed by atoms with Crippen LogP contribution in [0.3, 0.4) is 0 Å². The van der Waals surface area contributed by atoms with Gasteiger partial charge in [0.2, 0.25) is 0 Å². The van der Waals surface area contributed by atoms with Gasteiger partial charge in [-0.3, -0.25) is 4.98 Å². The first-order chi connectivity index (χ1) is 12.9. The number of pyridine rings is 1. The summed E-state index contributed by atoms with van der Waals surface area (Å²) in [6, 6.07) is 2.52. The number of nitrogens with one attached hydrogen (secondary N) is 2. The van der Waals surface area contributed by atoms with Gasteiger partial charge in [0.1, 0.15) is 23.7 Å². The van der Waals surface area contributed by atoms with Crippen LogP contribution in [0.5, 0.6) is 5.75 Å². The summed E-state index contributed by atoms with van der Waals surface area (Å²) in [6.45, 7) is 2.48. The lowest BCUT2D eigenvalue weighted by Crippen LogP contribution is -2.20. The van der Waals surface area contributed by atoms with E-state index in [2.05, 4.69) is 35.1 Å². The third-order valence-electron chi connectivity index (χ3n) is 4.92. The SMILES string of the molecule is c1cc(CNc2ncnc3c2ncn3C2CC2)c(O[C@H]2CCNC2)cn1. The van der Waals surface area contributed by atoms with Crippen molar-refractivity contribution >= 4 is 17.0 Å². The molecule has 2 fully saturated rings. The molecule has 5 rings (SSSR count). The van der Waals surface area contributed by atoms with Gasteiger partial charge < -0.3 is 19.9 Å². The lowest BCUT2D eigenvalue weighted by molar-refractivity contribution is 0.220. The fourth-order valence-corrected chi connectivity index (χ4v) is 3.35. The molecule has 1 aliphatic heterocycles. The summed E-state index contributed by atoms with van der Waals surface area (Å²) in [5.74, 6) is 1.57. The predicted molar refractivity (Wildman–Crippen MR) is 97.1 cm³/mol. The maximum Gasteiger partial charge on any atom is 0.165 e. The molecule has 1 saturated carbocycles. The van der Waals surface area contributed by atoms with Crippen LogP contribution in [0.25, 0.3) is 11.2 Å². The van der Waals surface area contributed by atoms with Crippen molar-refractivity contribution in [3.63, 3.8) is 0 Å². The minimum absolute atomic E-state index is 0.206. The number of aromatic nitrogens is 5. The Hall–Kier alpha value is -2.74. The van der Waals surface area contributed by atoms with Gasteiger partial charge in [0.15, 0.2) is 11.5 Å². The van der Waals surface area contributed by atoms with E-state index in [0.717, 1.165) is 47.8 Å². The van der Waals surface area contributed by atoms with Gasteiger partial charge in [0.05, 0.1) is 12.5 Å². The first-order valence-electron chi connectivity index (χ1n) is 9.10. The lowest BCUT2D eigenvalue weighted by atomic mass is 10.2. The molecule has 2 aliphatic rings. The highest BCUT2D eigenvalue weighted by Gasteiger charge is 2.26. The van der Waals surface area contributed by atoms with Crippen LogP contribution >= 0.6 is 0 Å². The van der Waals surface area contributed by atoms with Crippen molar-refractivity contribution in [2.45, 2.75) is 38.0 Å². The Labute approximate surface area is 151 Å². The second kappa shape index (κ2) is 6.53. The number of nitrogens with zero attached hydrogens (tertiary/aromatic N) is 5. The number of rotatable bonds is 6. The smallest absolute Gasteiger partial charge is 0.165 e. The van der Waals surface area contributed by atoms with E-state index >= 15 is 0 Å². The van der Waals surface area contributed by atoms with Crippen LogP contribution in [0.2, 0.25) is 0 Å². The average Bonchev–Trinajstić information content (AvgIpc) is 3.20. The molecule has 0 unspecified atom stereocenters. The van der Waals surface area contributed by atoms with Crippen LogP contribution in [-0.4, -0.2) is 43.7 Å². The zero-order valence-corrected chi connectivity index (χ0v) is 14.4. The van der Waals surface area contributed by atoms with Gasteiger partial charge in [-0.2, -0.15) is 0 Å². The number of hydrogen-bond donors (Lipinski definition) is 2. The molecule has 1 saturated heterocycles. The molecule has 0 spiro atoms. The molecule has 0 radical (unpaired) electrons. The third kappa shape index (κ3) is 2.96. The summed E-state index contributed by atoms with van der Waals surface area (Å²) in [4.78, 5) is 17.5. The molecule has 8 heteroatoms. The van der Waals surface area contributed by atoms with Crippen LogP contribution in [-0.2, 0) is 6.54 Å². The lowest BCUT2D eigenvalue weighted by Gasteiger charge is -2.16. The highest BCUT2D eigenvalue weighted by atomic mass is 16.5. The second-order valence-corrected chi connectivity index (χ2v) is 6.85. The van der Waals surface area contributed by atoms with E-state index in [-0.39, 0.29) is 6.10 Å². The Kier molecular flexibility index (Phi) is 3.89. The number of ether oxygens (including phenoxy) is 1. The standard InChI is InChI=1S/C18H21N7O/c1-2-13(1)25-11-24-16-17(22-10-23-18(16)25)21-7-12-3-5-20-9-15(12)26-14-4-6-19-8-14/h3,5,9-11,13-14,19H,1-2,4,6-8H2,(H,21,22,23)/t14-/m0/s1. The van der Waals surface area contributed by atoms with Crippen molar-refractivity contribution in [1.82, 2.24) is 29.8 Å². The summed E-state index contributed by atoms with van der Waals surface area (Å²) in [7, 11) is 0. The number of imidazole rings is 1. The average molecular weight is 351 g/mol. The maximum absolute atomic E-state index is 6.11. The Bertz CT molecular complexity index is 915. The Balaban J connectivity index is 1.36. The minimum Gasteiger partial charge on any atom is -0.487 e. The van der Waals surface area contributed by atoms with Gasteiger partial charge in [-0.25, -0.2) is 15.0 Å². The van der Waals surface area contributed by atoms with E-state index in [4.69, 9.17) is 4.74 Å². The Morgan fingerprint density at radius 1 is 1.23 bits per heavy atom. The van der Waals surface area contributed by atoms with Gasteiger partial charge in [0.25, 0.3) is 0 Å².